The van der Waals surface area contributed by atoms with Crippen LogP contribution in [0.1, 0.15) is 34.5 Å². The highest BCUT2D eigenvalue weighted by Gasteiger charge is 2.32. The van der Waals surface area contributed by atoms with Crippen molar-refractivity contribution in [3.63, 3.8) is 0 Å². The number of piperidine rings is 1. The van der Waals surface area contributed by atoms with Crippen molar-refractivity contribution < 1.29 is 10.0 Å². The van der Waals surface area contributed by atoms with Gasteiger partial charge in [0, 0.05) is 6.54 Å². The Hall–Kier alpha value is -1.27. The molecule has 1 fully saturated rings. The zero-order valence-electron chi connectivity index (χ0n) is 10.6. The van der Waals surface area contributed by atoms with Crippen LogP contribution in [0, 0.1) is 6.92 Å². The summed E-state index contributed by atoms with van der Waals surface area (Å²) >= 11 is 7.47. The maximum absolute atomic E-state index is 12.5. The predicted molar refractivity (Wildman–Crippen MR) is 76.2 cm³/mol. The molecule has 2 rings (SSSR count). The molecule has 104 valence electrons. The van der Waals surface area contributed by atoms with Crippen molar-refractivity contribution >= 4 is 34.7 Å². The number of likely N-dealkylation sites (tertiary alicyclic amines) is 1. The lowest BCUT2D eigenvalue weighted by Gasteiger charge is -2.34. The van der Waals surface area contributed by atoms with Gasteiger partial charge in [0.05, 0.1) is 11.1 Å². The quantitative estimate of drug-likeness (QED) is 0.381. The number of thiophene rings is 1. The molecule has 1 aromatic heterocycles. The first kappa shape index (κ1) is 14.1. The van der Waals surface area contributed by atoms with Crippen LogP contribution in [0.2, 0.25) is 5.02 Å². The fourth-order valence-corrected chi connectivity index (χ4v) is 3.48. The van der Waals surface area contributed by atoms with Crippen molar-refractivity contribution in [2.45, 2.75) is 32.2 Å². The molecule has 2 heterocycles. The SMILES string of the molecule is Cc1csc(C(=O)N2CCCCC2C(N)=NO)c1Cl. The van der Waals surface area contributed by atoms with Crippen molar-refractivity contribution in [1.29, 1.82) is 0 Å². The van der Waals surface area contributed by atoms with Crippen LogP contribution < -0.4 is 5.73 Å². The van der Waals surface area contributed by atoms with E-state index in [2.05, 4.69) is 5.16 Å². The first-order chi connectivity index (χ1) is 9.06. The number of halogens is 1. The molecule has 1 saturated heterocycles. The Morgan fingerprint density at radius 3 is 2.95 bits per heavy atom. The summed E-state index contributed by atoms with van der Waals surface area (Å²) in [7, 11) is 0. The number of hydrogen-bond acceptors (Lipinski definition) is 4. The molecule has 5 nitrogen and oxygen atoms in total. The highest BCUT2D eigenvalue weighted by Crippen LogP contribution is 2.30. The summed E-state index contributed by atoms with van der Waals surface area (Å²) in [5.74, 6) is -0.0585. The molecular weight excluding hydrogens is 286 g/mol. The number of amides is 1. The van der Waals surface area contributed by atoms with Crippen LogP contribution in [0.25, 0.3) is 0 Å². The molecule has 19 heavy (non-hydrogen) atoms. The number of nitrogens with two attached hydrogens (primary N) is 1. The van der Waals surface area contributed by atoms with Crippen LogP contribution in [0.5, 0.6) is 0 Å². The molecule has 1 aromatic rings. The Kier molecular flexibility index (Phi) is 4.31. The fourth-order valence-electron chi connectivity index (χ4n) is 2.25. The van der Waals surface area contributed by atoms with Gasteiger partial charge in [0.1, 0.15) is 4.88 Å². The van der Waals surface area contributed by atoms with Gasteiger partial charge in [-0.3, -0.25) is 4.79 Å². The third-order valence-electron chi connectivity index (χ3n) is 3.31. The van der Waals surface area contributed by atoms with Gasteiger partial charge in [-0.15, -0.1) is 11.3 Å². The molecule has 7 heteroatoms. The summed E-state index contributed by atoms with van der Waals surface area (Å²) < 4.78 is 0. The largest absolute Gasteiger partial charge is 0.409 e. The number of hydrogen-bond donors (Lipinski definition) is 2. The van der Waals surface area contributed by atoms with Gasteiger partial charge in [-0.1, -0.05) is 16.8 Å². The molecule has 0 aliphatic carbocycles. The maximum Gasteiger partial charge on any atom is 0.266 e. The van der Waals surface area contributed by atoms with Gasteiger partial charge in [0.25, 0.3) is 5.91 Å². The molecule has 0 spiro atoms. The van der Waals surface area contributed by atoms with E-state index >= 15 is 0 Å². The van der Waals surface area contributed by atoms with Crippen LogP contribution in [0.3, 0.4) is 0 Å². The lowest BCUT2D eigenvalue weighted by molar-refractivity contribution is 0.0682. The zero-order chi connectivity index (χ0) is 14.0. The molecule has 0 radical (unpaired) electrons. The number of oxime groups is 1. The molecule has 1 atom stereocenters. The average molecular weight is 302 g/mol. The summed E-state index contributed by atoms with van der Waals surface area (Å²) in [6, 6.07) is -0.343. The lowest BCUT2D eigenvalue weighted by Crippen LogP contribution is -2.50. The third-order valence-corrected chi connectivity index (χ3v) is 5.00. The first-order valence-electron chi connectivity index (χ1n) is 6.08. The molecule has 0 aromatic carbocycles. The van der Waals surface area contributed by atoms with E-state index in [-0.39, 0.29) is 17.8 Å². The standard InChI is InChI=1S/C12H16ClN3O2S/c1-7-6-19-10(9(7)13)12(17)16-5-3-2-4-8(16)11(14)15-18/h6,8,18H,2-5H2,1H3,(H2,14,15). The van der Waals surface area contributed by atoms with E-state index in [0.717, 1.165) is 18.4 Å². The predicted octanol–water partition coefficient (Wildman–Crippen LogP) is 2.45. The molecule has 0 saturated carbocycles. The van der Waals surface area contributed by atoms with Gasteiger partial charge < -0.3 is 15.8 Å². The van der Waals surface area contributed by atoms with Crippen LogP contribution in [0.4, 0.5) is 0 Å². The van der Waals surface area contributed by atoms with Crippen molar-refractivity contribution in [2.75, 3.05) is 6.54 Å². The zero-order valence-corrected chi connectivity index (χ0v) is 12.2. The monoisotopic (exact) mass is 301 g/mol. The molecule has 1 aliphatic heterocycles. The van der Waals surface area contributed by atoms with Crippen molar-refractivity contribution in [3.8, 4) is 0 Å². The van der Waals surface area contributed by atoms with Crippen LogP contribution in [-0.4, -0.2) is 34.4 Å². The Balaban J connectivity index is 2.28. The Morgan fingerprint density at radius 2 is 2.37 bits per heavy atom. The number of carbonyl (C=O) groups is 1. The molecule has 1 amide bonds. The smallest absolute Gasteiger partial charge is 0.266 e. The van der Waals surface area contributed by atoms with Crippen LogP contribution >= 0.6 is 22.9 Å². The van der Waals surface area contributed by atoms with Crippen molar-refractivity contribution in [2.24, 2.45) is 10.9 Å². The van der Waals surface area contributed by atoms with Gasteiger partial charge in [-0.2, -0.15) is 0 Å². The molecular formula is C12H16ClN3O2S. The summed E-state index contributed by atoms with van der Waals surface area (Å²) in [6.07, 6.45) is 2.59. The molecule has 3 N–H and O–H groups in total. The van der Waals surface area contributed by atoms with Crippen LogP contribution in [0.15, 0.2) is 10.5 Å². The third kappa shape index (κ3) is 2.69. The number of nitrogens with zero attached hydrogens (tertiary/aromatic N) is 2. The minimum Gasteiger partial charge on any atom is -0.409 e. The highest BCUT2D eigenvalue weighted by atomic mass is 35.5. The summed E-state index contributed by atoms with van der Waals surface area (Å²) in [4.78, 5) is 14.7. The summed E-state index contributed by atoms with van der Waals surface area (Å²) in [5.41, 5.74) is 6.57. The molecule has 1 aliphatic rings. The van der Waals surface area contributed by atoms with E-state index in [9.17, 15) is 4.79 Å². The first-order valence-corrected chi connectivity index (χ1v) is 7.34. The van der Waals surface area contributed by atoms with E-state index in [1.165, 1.54) is 11.3 Å². The van der Waals surface area contributed by atoms with Crippen molar-refractivity contribution in [1.82, 2.24) is 4.90 Å². The maximum atomic E-state index is 12.5. The lowest BCUT2D eigenvalue weighted by atomic mass is 10.0. The van der Waals surface area contributed by atoms with Gasteiger partial charge >= 0.3 is 0 Å². The van der Waals surface area contributed by atoms with E-state index in [4.69, 9.17) is 22.5 Å². The Labute approximate surface area is 120 Å². The average Bonchev–Trinajstić information content (AvgIpc) is 2.77. The number of amidine groups is 1. The Bertz CT molecular complexity index is 515. The minimum absolute atomic E-state index is 0.0810. The second-order valence-corrected chi connectivity index (χ2v) is 5.85. The fraction of sp³-hybridized carbons (Fsp3) is 0.500. The Morgan fingerprint density at radius 1 is 1.63 bits per heavy atom. The molecule has 1 unspecified atom stereocenters. The number of carbonyl (C=O) groups excluding carboxylic acids is 1. The van der Waals surface area contributed by atoms with E-state index in [0.29, 0.717) is 22.9 Å². The van der Waals surface area contributed by atoms with E-state index < -0.39 is 0 Å². The van der Waals surface area contributed by atoms with Gasteiger partial charge in [0.2, 0.25) is 0 Å². The van der Waals surface area contributed by atoms with Gasteiger partial charge in [-0.05, 0) is 37.1 Å². The van der Waals surface area contributed by atoms with E-state index in [1.807, 2.05) is 12.3 Å². The second-order valence-electron chi connectivity index (χ2n) is 4.60. The van der Waals surface area contributed by atoms with Crippen molar-refractivity contribution in [3.05, 3.63) is 20.8 Å². The number of aryl methyl sites for hydroxylation is 1. The summed E-state index contributed by atoms with van der Waals surface area (Å²) in [6.45, 7) is 2.47. The van der Waals surface area contributed by atoms with Crippen LogP contribution in [-0.2, 0) is 0 Å². The second kappa shape index (κ2) is 5.79. The number of rotatable bonds is 2. The van der Waals surface area contributed by atoms with Gasteiger partial charge in [0.15, 0.2) is 5.84 Å². The summed E-state index contributed by atoms with van der Waals surface area (Å²) in [5, 5.41) is 14.2. The highest BCUT2D eigenvalue weighted by molar-refractivity contribution is 7.13. The molecule has 0 bridgehead atoms. The normalized spacial score (nSPS) is 20.6. The minimum atomic E-state index is -0.343. The van der Waals surface area contributed by atoms with E-state index in [1.54, 1.807) is 4.90 Å². The topological polar surface area (TPSA) is 78.9 Å². The van der Waals surface area contributed by atoms with Gasteiger partial charge in [-0.25, -0.2) is 0 Å².